The maximum atomic E-state index is 13.2. The van der Waals surface area contributed by atoms with Crippen molar-refractivity contribution in [2.75, 3.05) is 25.1 Å². The van der Waals surface area contributed by atoms with Gasteiger partial charge in [0.1, 0.15) is 0 Å². The number of sulfone groups is 1. The predicted octanol–water partition coefficient (Wildman–Crippen LogP) is 3.64. The Labute approximate surface area is 202 Å². The van der Waals surface area contributed by atoms with Crippen molar-refractivity contribution in [3.8, 4) is 0 Å². The van der Waals surface area contributed by atoms with Gasteiger partial charge in [0.15, 0.2) is 15.6 Å². The number of rotatable bonds is 8. The molecule has 0 spiro atoms. The molecule has 3 aromatic rings. The monoisotopic (exact) mass is 482 g/mol. The summed E-state index contributed by atoms with van der Waals surface area (Å²) in [5, 5.41) is 4.65. The average molecular weight is 483 g/mol. The Kier molecular flexibility index (Phi) is 6.82. The molecule has 0 amide bonds. The van der Waals surface area contributed by atoms with Gasteiger partial charge in [0.2, 0.25) is 0 Å². The molecule has 8 heteroatoms. The number of hydrogen-bond donors (Lipinski definition) is 0. The molecule has 1 aromatic carbocycles. The first-order chi connectivity index (χ1) is 16.1. The summed E-state index contributed by atoms with van der Waals surface area (Å²) < 4.78 is 27.9. The fourth-order valence-electron chi connectivity index (χ4n) is 5.00. The number of aryl methyl sites for hydroxylation is 2. The van der Waals surface area contributed by atoms with Crippen molar-refractivity contribution in [2.24, 2.45) is 0 Å². The normalized spacial score (nSPS) is 17.5. The number of aromatic nitrogens is 3. The molecule has 7 nitrogen and oxygen atoms in total. The summed E-state index contributed by atoms with van der Waals surface area (Å²) in [7, 11) is -1.04. The Morgan fingerprint density at radius 1 is 1.12 bits per heavy atom. The van der Waals surface area contributed by atoms with E-state index in [0.717, 1.165) is 40.4 Å². The van der Waals surface area contributed by atoms with Crippen LogP contribution in [0, 0.1) is 27.7 Å². The summed E-state index contributed by atoms with van der Waals surface area (Å²) >= 11 is 0. The molecule has 34 heavy (non-hydrogen) atoms. The summed E-state index contributed by atoms with van der Waals surface area (Å²) in [5.74, 6) is 0.475. The van der Waals surface area contributed by atoms with Crippen LogP contribution in [-0.4, -0.2) is 58.5 Å². The SMILES string of the molecule is Cc1nn([C@H]2CCS(=O)(=O)C2)c(C)c1CN(C)CC(=O)c1cc(C)n(Cc2ccccc2)c1C. The molecule has 0 saturated carbocycles. The van der Waals surface area contributed by atoms with Crippen molar-refractivity contribution >= 4 is 15.6 Å². The van der Waals surface area contributed by atoms with E-state index in [0.29, 0.717) is 19.5 Å². The molecule has 3 heterocycles. The highest BCUT2D eigenvalue weighted by atomic mass is 32.2. The molecule has 0 N–H and O–H groups in total. The fourth-order valence-corrected chi connectivity index (χ4v) is 6.69. The van der Waals surface area contributed by atoms with E-state index in [1.165, 1.54) is 5.56 Å². The first-order valence-corrected chi connectivity index (χ1v) is 13.5. The summed E-state index contributed by atoms with van der Waals surface area (Å²) in [6.45, 7) is 9.64. The van der Waals surface area contributed by atoms with Crippen LogP contribution in [0.25, 0.3) is 0 Å². The minimum atomic E-state index is -2.98. The summed E-state index contributed by atoms with van der Waals surface area (Å²) in [6.07, 6.45) is 0.608. The number of carbonyl (C=O) groups excluding carboxylic acids is 1. The van der Waals surface area contributed by atoms with Crippen LogP contribution in [0.15, 0.2) is 36.4 Å². The Hall–Kier alpha value is -2.71. The standard InChI is InChI=1S/C26H34N4O3S/c1-18-13-24(20(3)29(18)14-22-9-7-6-8-10-22)26(31)16-28(5)15-25-19(2)27-30(21(25)4)23-11-12-34(32,33)17-23/h6-10,13,23H,11-12,14-17H2,1-5H3/t23-/m0/s1. The first kappa shape index (κ1) is 24.4. The van der Waals surface area contributed by atoms with Gasteiger partial charge in [0.25, 0.3) is 0 Å². The summed E-state index contributed by atoms with van der Waals surface area (Å²) in [5.41, 5.74) is 6.98. The second-order valence-corrected chi connectivity index (χ2v) is 11.8. The van der Waals surface area contributed by atoms with Gasteiger partial charge in [0, 0.05) is 41.3 Å². The first-order valence-electron chi connectivity index (χ1n) is 11.7. The number of nitrogens with zero attached hydrogens (tertiary/aromatic N) is 4. The van der Waals surface area contributed by atoms with Crippen molar-refractivity contribution in [3.05, 3.63) is 75.9 Å². The number of carbonyl (C=O) groups is 1. The van der Waals surface area contributed by atoms with E-state index in [9.17, 15) is 13.2 Å². The summed E-state index contributed by atoms with van der Waals surface area (Å²) in [6, 6.07) is 12.2. The van der Waals surface area contributed by atoms with Gasteiger partial charge in [-0.25, -0.2) is 8.42 Å². The van der Waals surface area contributed by atoms with Gasteiger partial charge in [-0.2, -0.15) is 5.10 Å². The maximum Gasteiger partial charge on any atom is 0.178 e. The van der Waals surface area contributed by atoms with Crippen LogP contribution in [0.3, 0.4) is 0 Å². The van der Waals surface area contributed by atoms with Gasteiger partial charge >= 0.3 is 0 Å². The largest absolute Gasteiger partial charge is 0.344 e. The number of hydrogen-bond acceptors (Lipinski definition) is 5. The molecule has 1 atom stereocenters. The zero-order valence-electron chi connectivity index (χ0n) is 20.7. The van der Waals surface area contributed by atoms with Crippen molar-refractivity contribution in [1.82, 2.24) is 19.2 Å². The van der Waals surface area contributed by atoms with Gasteiger partial charge in [-0.3, -0.25) is 14.4 Å². The number of Topliss-reactive ketones (excluding diaryl/α,β-unsaturated/α-hetero) is 1. The van der Waals surface area contributed by atoms with Crippen LogP contribution in [0.5, 0.6) is 0 Å². The second kappa shape index (κ2) is 9.50. The fraction of sp³-hybridized carbons (Fsp3) is 0.462. The maximum absolute atomic E-state index is 13.2. The Morgan fingerprint density at radius 3 is 2.47 bits per heavy atom. The molecule has 0 radical (unpaired) electrons. The zero-order valence-corrected chi connectivity index (χ0v) is 21.5. The van der Waals surface area contributed by atoms with E-state index >= 15 is 0 Å². The molecule has 1 fully saturated rings. The Bertz CT molecular complexity index is 1310. The third-order valence-corrected chi connectivity index (χ3v) is 8.68. The van der Waals surface area contributed by atoms with Gasteiger partial charge < -0.3 is 4.57 Å². The molecule has 1 aliphatic heterocycles. The third-order valence-electron chi connectivity index (χ3n) is 6.93. The molecular formula is C26H34N4O3S. The van der Waals surface area contributed by atoms with Gasteiger partial charge in [-0.05, 0) is 52.8 Å². The van der Waals surface area contributed by atoms with Crippen molar-refractivity contribution < 1.29 is 13.2 Å². The van der Waals surface area contributed by atoms with Crippen LogP contribution >= 0.6 is 0 Å². The minimum Gasteiger partial charge on any atom is -0.344 e. The number of ketones is 1. The molecule has 1 aliphatic rings. The number of likely N-dealkylation sites (N-methyl/N-ethyl adjacent to an activating group) is 1. The van der Waals surface area contributed by atoms with Crippen LogP contribution in [0.1, 0.15) is 56.7 Å². The lowest BCUT2D eigenvalue weighted by atomic mass is 10.1. The van der Waals surface area contributed by atoms with Crippen molar-refractivity contribution in [3.63, 3.8) is 0 Å². The van der Waals surface area contributed by atoms with Crippen molar-refractivity contribution in [1.29, 1.82) is 0 Å². The molecule has 0 unspecified atom stereocenters. The molecule has 0 aliphatic carbocycles. The van der Waals surface area contributed by atoms with Gasteiger partial charge in [-0.1, -0.05) is 30.3 Å². The van der Waals surface area contributed by atoms with Crippen LogP contribution < -0.4 is 0 Å². The summed E-state index contributed by atoms with van der Waals surface area (Å²) in [4.78, 5) is 15.2. The highest BCUT2D eigenvalue weighted by Crippen LogP contribution is 2.27. The average Bonchev–Trinajstić information content (AvgIpc) is 3.38. The molecular weight excluding hydrogens is 448 g/mol. The van der Waals surface area contributed by atoms with E-state index in [2.05, 4.69) is 21.8 Å². The van der Waals surface area contributed by atoms with Crippen LogP contribution in [0.4, 0.5) is 0 Å². The predicted molar refractivity (Wildman–Crippen MR) is 134 cm³/mol. The van der Waals surface area contributed by atoms with Crippen LogP contribution in [0.2, 0.25) is 0 Å². The highest BCUT2D eigenvalue weighted by molar-refractivity contribution is 7.91. The van der Waals surface area contributed by atoms with Gasteiger partial charge in [-0.15, -0.1) is 0 Å². The second-order valence-electron chi connectivity index (χ2n) is 9.60. The third kappa shape index (κ3) is 5.03. The molecule has 4 rings (SSSR count). The Morgan fingerprint density at radius 2 is 1.82 bits per heavy atom. The van der Waals surface area contributed by atoms with E-state index in [4.69, 9.17) is 0 Å². The minimum absolute atomic E-state index is 0.0968. The van der Waals surface area contributed by atoms with Crippen molar-refractivity contribution in [2.45, 2.75) is 53.2 Å². The molecule has 1 saturated heterocycles. The Balaban J connectivity index is 1.45. The number of benzene rings is 1. The van der Waals surface area contributed by atoms with E-state index < -0.39 is 9.84 Å². The topological polar surface area (TPSA) is 77.2 Å². The lowest BCUT2D eigenvalue weighted by Gasteiger charge is -2.17. The zero-order chi connectivity index (χ0) is 24.6. The van der Waals surface area contributed by atoms with Crippen LogP contribution in [-0.2, 0) is 22.9 Å². The molecule has 182 valence electrons. The quantitative estimate of drug-likeness (QED) is 0.458. The molecule has 2 aromatic heterocycles. The smallest absolute Gasteiger partial charge is 0.178 e. The van der Waals surface area contributed by atoms with Gasteiger partial charge in [0.05, 0.1) is 29.8 Å². The lowest BCUT2D eigenvalue weighted by molar-refractivity contribution is 0.0942. The van der Waals surface area contributed by atoms with E-state index in [-0.39, 0.29) is 23.3 Å². The highest BCUT2D eigenvalue weighted by Gasteiger charge is 2.31. The van der Waals surface area contributed by atoms with E-state index in [1.54, 1.807) is 0 Å². The van der Waals surface area contributed by atoms with E-state index in [1.807, 2.05) is 68.6 Å². The lowest BCUT2D eigenvalue weighted by Crippen LogP contribution is -2.26. The molecule has 0 bridgehead atoms.